The molecule has 0 bridgehead atoms. The highest BCUT2D eigenvalue weighted by Crippen LogP contribution is 2.29. The second-order valence-corrected chi connectivity index (χ2v) is 3.09. The zero-order valence-electron chi connectivity index (χ0n) is 7.69. The molecule has 11 heavy (non-hydrogen) atoms. The third-order valence-corrected chi connectivity index (χ3v) is 2.22. The van der Waals surface area contributed by atoms with Crippen molar-refractivity contribution in [3.8, 4) is 0 Å². The van der Waals surface area contributed by atoms with Crippen LogP contribution >= 0.6 is 0 Å². The molecule has 0 saturated heterocycles. The van der Waals surface area contributed by atoms with Crippen molar-refractivity contribution in [1.29, 1.82) is 0 Å². The van der Waals surface area contributed by atoms with E-state index in [1.807, 2.05) is 0 Å². The van der Waals surface area contributed by atoms with E-state index >= 15 is 0 Å². The molecule has 0 aromatic rings. The predicted octanol–water partition coefficient (Wildman–Crippen LogP) is 2.85. The van der Waals surface area contributed by atoms with Gasteiger partial charge in [0.15, 0.2) is 0 Å². The zero-order valence-corrected chi connectivity index (χ0v) is 7.69. The second kappa shape index (κ2) is 3.12. The van der Waals surface area contributed by atoms with Crippen LogP contribution in [-0.4, -0.2) is 7.11 Å². The molecule has 1 nitrogen and oxygen atoms in total. The predicted molar refractivity (Wildman–Crippen MR) is 47.0 cm³/mol. The van der Waals surface area contributed by atoms with E-state index in [9.17, 15) is 0 Å². The van der Waals surface area contributed by atoms with Crippen LogP contribution in [0.25, 0.3) is 0 Å². The molecule has 0 saturated carbocycles. The first-order chi connectivity index (χ1) is 5.15. The molecule has 0 fully saturated rings. The molecular formula is C10H15O. The van der Waals surface area contributed by atoms with Gasteiger partial charge in [-0.3, -0.25) is 0 Å². The molecule has 0 aromatic heterocycles. The lowest BCUT2D eigenvalue weighted by atomic mass is 9.90. The molecule has 0 amide bonds. The van der Waals surface area contributed by atoms with E-state index in [4.69, 9.17) is 4.74 Å². The maximum Gasteiger partial charge on any atom is 0.0993 e. The fourth-order valence-corrected chi connectivity index (χ4v) is 1.28. The van der Waals surface area contributed by atoms with Crippen LogP contribution in [-0.2, 0) is 4.74 Å². The first kappa shape index (κ1) is 8.38. The molecule has 0 aliphatic heterocycles. The smallest absolute Gasteiger partial charge is 0.0993 e. The van der Waals surface area contributed by atoms with E-state index in [-0.39, 0.29) is 0 Å². The van der Waals surface area contributed by atoms with E-state index in [2.05, 4.69) is 26.8 Å². The molecule has 0 unspecified atom stereocenters. The molecule has 1 radical (unpaired) electrons. The first-order valence-corrected chi connectivity index (χ1v) is 3.90. The summed E-state index contributed by atoms with van der Waals surface area (Å²) in [6, 6.07) is 0. The number of hydrogen-bond acceptors (Lipinski definition) is 1. The Bertz CT molecular complexity index is 211. The summed E-state index contributed by atoms with van der Waals surface area (Å²) in [5.74, 6) is 2.51. The molecule has 1 heteroatoms. The van der Waals surface area contributed by atoms with E-state index in [1.165, 1.54) is 17.1 Å². The lowest BCUT2D eigenvalue weighted by molar-refractivity contribution is 0.275. The summed E-state index contributed by atoms with van der Waals surface area (Å²) in [6.07, 6.45) is 3.16. The Morgan fingerprint density at radius 3 is 2.45 bits per heavy atom. The van der Waals surface area contributed by atoms with E-state index in [1.54, 1.807) is 7.11 Å². The highest BCUT2D eigenvalue weighted by Gasteiger charge is 2.15. The topological polar surface area (TPSA) is 9.23 Å². The van der Waals surface area contributed by atoms with Gasteiger partial charge in [-0.1, -0.05) is 18.6 Å². The maximum absolute atomic E-state index is 5.24. The van der Waals surface area contributed by atoms with Gasteiger partial charge in [0, 0.05) is 12.3 Å². The highest BCUT2D eigenvalue weighted by atomic mass is 16.5. The van der Waals surface area contributed by atoms with Crippen LogP contribution in [0.15, 0.2) is 23.0 Å². The summed E-state index contributed by atoms with van der Waals surface area (Å²) in [7, 11) is 1.74. The lowest BCUT2D eigenvalue weighted by Gasteiger charge is -2.20. The standard InChI is InChI=1S/C10H15O/c1-7-5-9(3)10(11-4)6-8(7)2/h5H,6H2,1-4H3. The summed E-state index contributed by atoms with van der Waals surface area (Å²) >= 11 is 0. The fourth-order valence-electron chi connectivity index (χ4n) is 1.28. The Kier molecular flexibility index (Phi) is 2.38. The average Bonchev–Trinajstić information content (AvgIpc) is 1.97. The molecule has 0 N–H and O–H groups in total. The Hall–Kier alpha value is -0.720. The van der Waals surface area contributed by atoms with Crippen molar-refractivity contribution >= 4 is 0 Å². The lowest BCUT2D eigenvalue weighted by Crippen LogP contribution is -2.05. The number of methoxy groups -OCH3 is 1. The minimum atomic E-state index is 0.977. The minimum Gasteiger partial charge on any atom is -0.501 e. The summed E-state index contributed by atoms with van der Waals surface area (Å²) in [4.78, 5) is 0. The Morgan fingerprint density at radius 1 is 1.27 bits per heavy atom. The molecule has 0 heterocycles. The maximum atomic E-state index is 5.24. The molecule has 1 aliphatic carbocycles. The van der Waals surface area contributed by atoms with Crippen molar-refractivity contribution < 1.29 is 4.74 Å². The van der Waals surface area contributed by atoms with Crippen molar-refractivity contribution in [2.24, 2.45) is 0 Å². The summed E-state index contributed by atoms with van der Waals surface area (Å²) in [5, 5.41) is 0. The molecule has 0 atom stereocenters. The normalized spacial score (nSPS) is 20.2. The molecule has 0 spiro atoms. The third kappa shape index (κ3) is 1.65. The van der Waals surface area contributed by atoms with Gasteiger partial charge >= 0.3 is 0 Å². The summed E-state index contributed by atoms with van der Waals surface area (Å²) < 4.78 is 5.24. The largest absolute Gasteiger partial charge is 0.501 e. The van der Waals surface area contributed by atoms with Gasteiger partial charge in [0.1, 0.15) is 0 Å². The molecule has 1 rings (SSSR count). The monoisotopic (exact) mass is 151 g/mol. The number of hydrogen-bond donors (Lipinski definition) is 0. The van der Waals surface area contributed by atoms with Crippen LogP contribution in [0.3, 0.4) is 0 Å². The van der Waals surface area contributed by atoms with Gasteiger partial charge in [-0.05, 0) is 19.4 Å². The quantitative estimate of drug-likeness (QED) is 0.560. The Labute approximate surface area is 68.8 Å². The van der Waals surface area contributed by atoms with E-state index in [0.29, 0.717) is 0 Å². The fraction of sp³-hybridized carbons (Fsp3) is 0.500. The zero-order chi connectivity index (χ0) is 8.43. The summed E-state index contributed by atoms with van der Waals surface area (Å²) in [6.45, 7) is 6.39. The van der Waals surface area contributed by atoms with Gasteiger partial charge in [-0.15, -0.1) is 0 Å². The second-order valence-electron chi connectivity index (χ2n) is 3.09. The first-order valence-electron chi connectivity index (χ1n) is 3.90. The van der Waals surface area contributed by atoms with Crippen LogP contribution < -0.4 is 0 Å². The van der Waals surface area contributed by atoms with Gasteiger partial charge in [0.05, 0.1) is 12.9 Å². The SMILES string of the molecule is COC1=C(C)C=C(C)[C](C)C1. The third-order valence-electron chi connectivity index (χ3n) is 2.22. The molecular weight excluding hydrogens is 136 g/mol. The van der Waals surface area contributed by atoms with Gasteiger partial charge in [0.25, 0.3) is 0 Å². The minimum absolute atomic E-state index is 0.977. The molecule has 1 aliphatic rings. The highest BCUT2D eigenvalue weighted by molar-refractivity contribution is 5.38. The van der Waals surface area contributed by atoms with Crippen molar-refractivity contribution in [2.75, 3.05) is 7.11 Å². The van der Waals surface area contributed by atoms with Crippen LogP contribution in [0.5, 0.6) is 0 Å². The van der Waals surface area contributed by atoms with E-state index in [0.717, 1.165) is 12.2 Å². The number of allylic oxidation sites excluding steroid dienone is 4. The van der Waals surface area contributed by atoms with Gasteiger partial charge in [0.2, 0.25) is 0 Å². The van der Waals surface area contributed by atoms with E-state index < -0.39 is 0 Å². The van der Waals surface area contributed by atoms with Crippen LogP contribution in [0, 0.1) is 5.92 Å². The van der Waals surface area contributed by atoms with Crippen LogP contribution in [0.1, 0.15) is 27.2 Å². The van der Waals surface area contributed by atoms with Crippen molar-refractivity contribution in [2.45, 2.75) is 27.2 Å². The number of ether oxygens (including phenoxy) is 1. The van der Waals surface area contributed by atoms with Crippen molar-refractivity contribution in [3.63, 3.8) is 0 Å². The molecule has 61 valence electrons. The Balaban J connectivity index is 2.87. The van der Waals surface area contributed by atoms with Gasteiger partial charge in [-0.2, -0.15) is 0 Å². The van der Waals surface area contributed by atoms with Crippen LogP contribution in [0.2, 0.25) is 0 Å². The average molecular weight is 151 g/mol. The van der Waals surface area contributed by atoms with Crippen LogP contribution in [0.4, 0.5) is 0 Å². The Morgan fingerprint density at radius 2 is 1.91 bits per heavy atom. The number of rotatable bonds is 1. The van der Waals surface area contributed by atoms with Crippen molar-refractivity contribution in [3.05, 3.63) is 28.9 Å². The van der Waals surface area contributed by atoms with Crippen molar-refractivity contribution in [1.82, 2.24) is 0 Å². The van der Waals surface area contributed by atoms with Gasteiger partial charge in [-0.25, -0.2) is 0 Å². The van der Waals surface area contributed by atoms with Gasteiger partial charge < -0.3 is 4.74 Å². The molecule has 0 aromatic carbocycles. The summed E-state index contributed by atoms with van der Waals surface area (Å²) in [5.41, 5.74) is 2.64.